The smallest absolute Gasteiger partial charge is 0.220 e. The predicted molar refractivity (Wildman–Crippen MR) is 230 cm³/mol. The molecular weight excluding hydrogens is 707 g/mol. The lowest BCUT2D eigenvalue weighted by molar-refractivity contribution is -0.302. The molecule has 1 saturated heterocycles. The van der Waals surface area contributed by atoms with E-state index in [1.807, 2.05) is 6.08 Å². The molecule has 1 rings (SSSR count). The fraction of sp³-hybridized carbons (Fsp3) is 0.851. The summed E-state index contributed by atoms with van der Waals surface area (Å²) in [5, 5.41) is 54.0. The third-order valence-electron chi connectivity index (χ3n) is 11.0. The number of nitrogens with one attached hydrogen (secondary N) is 1. The first-order chi connectivity index (χ1) is 27.3. The summed E-state index contributed by atoms with van der Waals surface area (Å²) < 4.78 is 11.2. The van der Waals surface area contributed by atoms with E-state index < -0.39 is 49.5 Å². The highest BCUT2D eigenvalue weighted by molar-refractivity contribution is 5.76. The predicted octanol–water partition coefficient (Wildman–Crippen LogP) is 9.67. The zero-order valence-electron chi connectivity index (χ0n) is 35.9. The van der Waals surface area contributed by atoms with E-state index in [9.17, 15) is 30.3 Å². The summed E-state index contributed by atoms with van der Waals surface area (Å²) in [6, 6.07) is -0.806. The molecule has 1 fully saturated rings. The first-order valence-electron chi connectivity index (χ1n) is 23.2. The number of hydrogen-bond donors (Lipinski definition) is 6. The molecule has 7 atom stereocenters. The molecule has 1 amide bonds. The Bertz CT molecular complexity index is 972. The van der Waals surface area contributed by atoms with Gasteiger partial charge in [0, 0.05) is 6.42 Å². The van der Waals surface area contributed by atoms with Gasteiger partial charge >= 0.3 is 0 Å². The van der Waals surface area contributed by atoms with Crippen molar-refractivity contribution < 1.29 is 39.8 Å². The van der Waals surface area contributed by atoms with Crippen molar-refractivity contribution in [3.63, 3.8) is 0 Å². The van der Waals surface area contributed by atoms with Crippen LogP contribution in [-0.2, 0) is 14.3 Å². The number of amides is 1. The number of aliphatic hydroxyl groups is 5. The molecule has 1 heterocycles. The van der Waals surface area contributed by atoms with Crippen LogP contribution in [0.1, 0.15) is 200 Å². The summed E-state index contributed by atoms with van der Waals surface area (Å²) in [5.41, 5.74) is 0. The van der Waals surface area contributed by atoms with Gasteiger partial charge in [0.15, 0.2) is 6.29 Å². The van der Waals surface area contributed by atoms with Crippen LogP contribution in [0.4, 0.5) is 0 Å². The van der Waals surface area contributed by atoms with Gasteiger partial charge in [0.25, 0.3) is 0 Å². The van der Waals surface area contributed by atoms with Crippen molar-refractivity contribution in [3.05, 3.63) is 36.5 Å². The fourth-order valence-electron chi connectivity index (χ4n) is 7.19. The minimum absolute atomic E-state index is 0.187. The molecule has 0 saturated carbocycles. The Morgan fingerprint density at radius 1 is 0.607 bits per heavy atom. The van der Waals surface area contributed by atoms with E-state index in [0.29, 0.717) is 6.42 Å². The second-order valence-corrected chi connectivity index (χ2v) is 16.2. The van der Waals surface area contributed by atoms with Crippen molar-refractivity contribution in [1.82, 2.24) is 5.32 Å². The minimum atomic E-state index is -1.57. The van der Waals surface area contributed by atoms with E-state index in [1.165, 1.54) is 122 Å². The molecule has 9 heteroatoms. The second-order valence-electron chi connectivity index (χ2n) is 16.2. The summed E-state index contributed by atoms with van der Waals surface area (Å²) in [6.45, 7) is 3.74. The average Bonchev–Trinajstić information content (AvgIpc) is 3.20. The zero-order chi connectivity index (χ0) is 40.9. The van der Waals surface area contributed by atoms with Crippen molar-refractivity contribution >= 4 is 5.91 Å². The topological polar surface area (TPSA) is 149 Å². The number of hydrogen-bond acceptors (Lipinski definition) is 8. The number of rotatable bonds is 38. The summed E-state index contributed by atoms with van der Waals surface area (Å²) in [5.74, 6) is -0.187. The van der Waals surface area contributed by atoms with Crippen molar-refractivity contribution in [3.8, 4) is 0 Å². The van der Waals surface area contributed by atoms with Gasteiger partial charge in [0.05, 0.1) is 25.4 Å². The highest BCUT2D eigenvalue weighted by Crippen LogP contribution is 2.22. The largest absolute Gasteiger partial charge is 0.394 e. The summed E-state index contributed by atoms with van der Waals surface area (Å²) in [6.07, 6.45) is 39.1. The molecule has 1 aliphatic rings. The van der Waals surface area contributed by atoms with Crippen LogP contribution < -0.4 is 5.32 Å². The molecule has 0 aromatic rings. The summed E-state index contributed by atoms with van der Waals surface area (Å²) in [4.78, 5) is 12.9. The monoisotopic (exact) mass is 794 g/mol. The van der Waals surface area contributed by atoms with Gasteiger partial charge in [0.2, 0.25) is 5.91 Å². The van der Waals surface area contributed by atoms with Gasteiger partial charge in [-0.1, -0.05) is 179 Å². The van der Waals surface area contributed by atoms with E-state index >= 15 is 0 Å². The van der Waals surface area contributed by atoms with Gasteiger partial charge in [-0.3, -0.25) is 4.79 Å². The lowest BCUT2D eigenvalue weighted by Gasteiger charge is -2.40. The Hall–Kier alpha value is -1.59. The maximum absolute atomic E-state index is 12.9. The normalized spacial score (nSPS) is 21.4. The van der Waals surface area contributed by atoms with Crippen LogP contribution in [0, 0.1) is 0 Å². The van der Waals surface area contributed by atoms with Crippen LogP contribution in [0.25, 0.3) is 0 Å². The highest BCUT2D eigenvalue weighted by atomic mass is 16.7. The van der Waals surface area contributed by atoms with Gasteiger partial charge in [0.1, 0.15) is 24.4 Å². The molecule has 0 radical (unpaired) electrons. The molecule has 1 aliphatic heterocycles. The lowest BCUT2D eigenvalue weighted by Crippen LogP contribution is -2.60. The van der Waals surface area contributed by atoms with Crippen LogP contribution in [0.2, 0.25) is 0 Å². The van der Waals surface area contributed by atoms with Gasteiger partial charge in [-0.15, -0.1) is 0 Å². The van der Waals surface area contributed by atoms with Crippen LogP contribution in [0.5, 0.6) is 0 Å². The molecule has 328 valence electrons. The number of carbonyl (C=O) groups is 1. The number of carbonyl (C=O) groups excluding carboxylic acids is 1. The van der Waals surface area contributed by atoms with Crippen LogP contribution >= 0.6 is 0 Å². The van der Waals surface area contributed by atoms with Crippen molar-refractivity contribution in [1.29, 1.82) is 0 Å². The Morgan fingerprint density at radius 3 is 1.54 bits per heavy atom. The molecule has 56 heavy (non-hydrogen) atoms. The van der Waals surface area contributed by atoms with Crippen LogP contribution in [0.3, 0.4) is 0 Å². The van der Waals surface area contributed by atoms with Crippen molar-refractivity contribution in [2.24, 2.45) is 0 Å². The minimum Gasteiger partial charge on any atom is -0.394 e. The Labute approximate surface area is 342 Å². The molecule has 7 unspecified atom stereocenters. The third kappa shape index (κ3) is 27.9. The fourth-order valence-corrected chi connectivity index (χ4v) is 7.19. The lowest BCUT2D eigenvalue weighted by atomic mass is 9.99. The third-order valence-corrected chi connectivity index (χ3v) is 11.0. The SMILES string of the molecule is CCCCCCCCCC/C=C/C(O)C(COC1OC(CO)C(O)C(O)C1O)NC(=O)CCCCCCCCC/C=C\C/C=C\CCCCCCCCCCC. The van der Waals surface area contributed by atoms with Gasteiger partial charge in [-0.05, 0) is 51.4 Å². The highest BCUT2D eigenvalue weighted by Gasteiger charge is 2.44. The average molecular weight is 794 g/mol. The quantitative estimate of drug-likeness (QED) is 0.0268. The second kappa shape index (κ2) is 37.7. The van der Waals surface area contributed by atoms with Gasteiger partial charge < -0.3 is 40.3 Å². The van der Waals surface area contributed by atoms with Gasteiger partial charge in [-0.2, -0.15) is 0 Å². The van der Waals surface area contributed by atoms with E-state index in [1.54, 1.807) is 6.08 Å². The Morgan fingerprint density at radius 2 is 1.05 bits per heavy atom. The first-order valence-corrected chi connectivity index (χ1v) is 23.2. The molecule has 6 N–H and O–H groups in total. The Kier molecular flexibility index (Phi) is 35.3. The summed E-state index contributed by atoms with van der Waals surface area (Å²) >= 11 is 0. The van der Waals surface area contributed by atoms with E-state index in [4.69, 9.17) is 9.47 Å². The molecule has 0 aliphatic carbocycles. The van der Waals surface area contributed by atoms with Crippen LogP contribution in [0.15, 0.2) is 36.5 Å². The maximum atomic E-state index is 12.9. The standard InChI is InChI=1S/C47H87NO8/c1-3-5-7-9-11-13-15-16-17-18-19-20-21-22-23-24-25-26-27-29-31-33-35-37-43(51)48-40(39-55-47-46(54)45(53)44(52)42(38-49)56-47)41(50)36-34-32-30-28-14-12-10-8-6-4-2/h19-20,22-23,34,36,40-42,44-47,49-50,52-54H,3-18,21,24-33,35,37-39H2,1-2H3,(H,48,51)/b20-19-,23-22-,36-34+. The van der Waals surface area contributed by atoms with Crippen LogP contribution in [-0.4, -0.2) is 87.5 Å². The van der Waals surface area contributed by atoms with E-state index in [0.717, 1.165) is 57.8 Å². The summed E-state index contributed by atoms with van der Waals surface area (Å²) in [7, 11) is 0. The molecule has 0 aromatic heterocycles. The molecule has 9 nitrogen and oxygen atoms in total. The van der Waals surface area contributed by atoms with Crippen molar-refractivity contribution in [2.75, 3.05) is 13.2 Å². The molecule has 0 bridgehead atoms. The number of ether oxygens (including phenoxy) is 2. The number of allylic oxidation sites excluding steroid dienone is 5. The van der Waals surface area contributed by atoms with Gasteiger partial charge in [-0.25, -0.2) is 0 Å². The zero-order valence-corrected chi connectivity index (χ0v) is 35.9. The molecule has 0 spiro atoms. The number of unbranched alkanes of at least 4 members (excludes halogenated alkanes) is 24. The first kappa shape index (κ1) is 52.4. The van der Waals surface area contributed by atoms with E-state index in [2.05, 4.69) is 43.5 Å². The van der Waals surface area contributed by atoms with E-state index in [-0.39, 0.29) is 12.5 Å². The molecular formula is C47H87NO8. The molecule has 0 aromatic carbocycles. The maximum Gasteiger partial charge on any atom is 0.220 e. The van der Waals surface area contributed by atoms with Crippen molar-refractivity contribution in [2.45, 2.75) is 243 Å². The number of aliphatic hydroxyl groups excluding tert-OH is 5. The Balaban J connectivity index is 2.28.